The van der Waals surface area contributed by atoms with Crippen LogP contribution in [0.1, 0.15) is 25.8 Å². The van der Waals surface area contributed by atoms with Gasteiger partial charge in [-0.1, -0.05) is 30.7 Å². The number of carbonyl (C=O) groups excluding carboxylic acids is 1. The Morgan fingerprint density at radius 3 is 2.62 bits per heavy atom. The zero-order chi connectivity index (χ0) is 17.5. The molecule has 0 saturated carbocycles. The summed E-state index contributed by atoms with van der Waals surface area (Å²) in [5.41, 5.74) is 1.55. The summed E-state index contributed by atoms with van der Waals surface area (Å²) in [6, 6.07) is 12.7. The van der Waals surface area contributed by atoms with E-state index in [1.807, 2.05) is 51.1 Å². The second kappa shape index (κ2) is 8.60. The Labute approximate surface area is 147 Å². The smallest absolute Gasteiger partial charge is 0.265 e. The number of benzene rings is 2. The fraction of sp³-hybridized carbons (Fsp3) is 0.316. The average molecular weight is 348 g/mol. The molecular weight excluding hydrogens is 326 g/mol. The molecule has 0 heterocycles. The SMILES string of the molecule is CCOc1ccccc1NC(=O)[C@H](CC)Oc1ccc(Cl)c(C)c1. The van der Waals surface area contributed by atoms with Gasteiger partial charge in [-0.05, 0) is 56.2 Å². The lowest BCUT2D eigenvalue weighted by molar-refractivity contribution is -0.122. The van der Waals surface area contributed by atoms with Gasteiger partial charge >= 0.3 is 0 Å². The van der Waals surface area contributed by atoms with Gasteiger partial charge in [-0.2, -0.15) is 0 Å². The molecule has 4 nitrogen and oxygen atoms in total. The van der Waals surface area contributed by atoms with Crippen LogP contribution in [0, 0.1) is 6.92 Å². The zero-order valence-electron chi connectivity index (χ0n) is 14.1. The van der Waals surface area contributed by atoms with Crippen molar-refractivity contribution in [2.24, 2.45) is 0 Å². The van der Waals surface area contributed by atoms with E-state index in [0.717, 1.165) is 5.56 Å². The zero-order valence-corrected chi connectivity index (χ0v) is 14.9. The van der Waals surface area contributed by atoms with Crippen molar-refractivity contribution in [2.45, 2.75) is 33.3 Å². The Bertz CT molecular complexity index is 703. The van der Waals surface area contributed by atoms with Crippen molar-refractivity contribution in [3.63, 3.8) is 0 Å². The summed E-state index contributed by atoms with van der Waals surface area (Å²) in [5, 5.41) is 3.55. The highest BCUT2D eigenvalue weighted by Gasteiger charge is 2.20. The van der Waals surface area contributed by atoms with Crippen molar-refractivity contribution in [1.82, 2.24) is 0 Å². The lowest BCUT2D eigenvalue weighted by Gasteiger charge is -2.19. The fourth-order valence-corrected chi connectivity index (χ4v) is 2.36. The van der Waals surface area contributed by atoms with Crippen LogP contribution >= 0.6 is 11.6 Å². The number of para-hydroxylation sites is 2. The Kier molecular flexibility index (Phi) is 6.50. The van der Waals surface area contributed by atoms with E-state index in [4.69, 9.17) is 21.1 Å². The molecule has 2 rings (SSSR count). The molecule has 0 bridgehead atoms. The number of rotatable bonds is 7. The maximum atomic E-state index is 12.5. The number of amides is 1. The van der Waals surface area contributed by atoms with E-state index >= 15 is 0 Å². The number of hydrogen-bond donors (Lipinski definition) is 1. The molecule has 0 aliphatic heterocycles. The molecule has 0 radical (unpaired) electrons. The van der Waals surface area contributed by atoms with Crippen molar-refractivity contribution >= 4 is 23.2 Å². The van der Waals surface area contributed by atoms with Gasteiger partial charge in [0.2, 0.25) is 0 Å². The number of ether oxygens (including phenoxy) is 2. The maximum Gasteiger partial charge on any atom is 0.265 e. The second-order valence-corrected chi connectivity index (χ2v) is 5.75. The van der Waals surface area contributed by atoms with Crippen LogP contribution in [0.5, 0.6) is 11.5 Å². The molecule has 0 spiro atoms. The number of carbonyl (C=O) groups is 1. The molecule has 5 heteroatoms. The van der Waals surface area contributed by atoms with Crippen LogP contribution in [0.3, 0.4) is 0 Å². The van der Waals surface area contributed by atoms with E-state index in [-0.39, 0.29) is 5.91 Å². The first kappa shape index (κ1) is 18.1. The van der Waals surface area contributed by atoms with Crippen molar-refractivity contribution in [1.29, 1.82) is 0 Å². The first-order chi connectivity index (χ1) is 11.5. The topological polar surface area (TPSA) is 47.6 Å². The summed E-state index contributed by atoms with van der Waals surface area (Å²) in [6.45, 7) is 6.24. The Morgan fingerprint density at radius 2 is 1.96 bits per heavy atom. The molecule has 24 heavy (non-hydrogen) atoms. The number of anilines is 1. The molecular formula is C19H22ClNO3. The summed E-state index contributed by atoms with van der Waals surface area (Å²) in [4.78, 5) is 12.5. The third-order valence-corrected chi connectivity index (χ3v) is 3.94. The van der Waals surface area contributed by atoms with Crippen LogP contribution in [0.4, 0.5) is 5.69 Å². The molecule has 0 fully saturated rings. The quantitative estimate of drug-likeness (QED) is 0.779. The molecule has 0 aliphatic rings. The van der Waals surface area contributed by atoms with Gasteiger partial charge < -0.3 is 14.8 Å². The molecule has 128 valence electrons. The van der Waals surface area contributed by atoms with Gasteiger partial charge in [0, 0.05) is 5.02 Å². The normalized spacial score (nSPS) is 11.7. The third kappa shape index (κ3) is 4.65. The molecule has 1 atom stereocenters. The minimum Gasteiger partial charge on any atom is -0.492 e. The minimum absolute atomic E-state index is 0.211. The summed E-state index contributed by atoms with van der Waals surface area (Å²) < 4.78 is 11.4. The van der Waals surface area contributed by atoms with Crippen molar-refractivity contribution in [3.05, 3.63) is 53.1 Å². The van der Waals surface area contributed by atoms with Gasteiger partial charge in [-0.15, -0.1) is 0 Å². The average Bonchev–Trinajstić information content (AvgIpc) is 2.57. The lowest BCUT2D eigenvalue weighted by atomic mass is 10.2. The summed E-state index contributed by atoms with van der Waals surface area (Å²) >= 11 is 6.02. The minimum atomic E-state index is -0.597. The fourth-order valence-electron chi connectivity index (χ4n) is 2.24. The van der Waals surface area contributed by atoms with Gasteiger partial charge in [0.15, 0.2) is 6.10 Å². The number of nitrogens with one attached hydrogen (secondary N) is 1. The van der Waals surface area contributed by atoms with Crippen molar-refractivity contribution < 1.29 is 14.3 Å². The van der Waals surface area contributed by atoms with Gasteiger partial charge in [-0.3, -0.25) is 4.79 Å². The van der Waals surface area contributed by atoms with E-state index in [2.05, 4.69) is 5.32 Å². The van der Waals surface area contributed by atoms with Gasteiger partial charge in [0.05, 0.1) is 12.3 Å². The Hall–Kier alpha value is -2.20. The van der Waals surface area contributed by atoms with Crippen LogP contribution in [0.25, 0.3) is 0 Å². The van der Waals surface area contributed by atoms with E-state index in [1.165, 1.54) is 0 Å². The van der Waals surface area contributed by atoms with Crippen LogP contribution in [0.15, 0.2) is 42.5 Å². The van der Waals surface area contributed by atoms with E-state index in [9.17, 15) is 4.79 Å². The van der Waals surface area contributed by atoms with Crippen molar-refractivity contribution in [2.75, 3.05) is 11.9 Å². The molecule has 1 amide bonds. The summed E-state index contributed by atoms with van der Waals surface area (Å²) in [5.74, 6) is 1.06. The highest BCUT2D eigenvalue weighted by Crippen LogP contribution is 2.25. The summed E-state index contributed by atoms with van der Waals surface area (Å²) in [6.07, 6.45) is -0.0510. The first-order valence-electron chi connectivity index (χ1n) is 8.00. The predicted octanol–water partition coefficient (Wildman–Crippen LogP) is 4.84. The molecule has 2 aromatic carbocycles. The highest BCUT2D eigenvalue weighted by molar-refractivity contribution is 6.31. The van der Waals surface area contributed by atoms with Crippen LogP contribution < -0.4 is 14.8 Å². The monoisotopic (exact) mass is 347 g/mol. The number of hydrogen-bond acceptors (Lipinski definition) is 3. The van der Waals surface area contributed by atoms with Crippen LogP contribution in [0.2, 0.25) is 5.02 Å². The molecule has 0 aromatic heterocycles. The second-order valence-electron chi connectivity index (χ2n) is 5.34. The van der Waals surface area contributed by atoms with Gasteiger partial charge in [0.25, 0.3) is 5.91 Å². The molecule has 0 saturated heterocycles. The molecule has 1 N–H and O–H groups in total. The molecule has 0 unspecified atom stereocenters. The largest absolute Gasteiger partial charge is 0.492 e. The van der Waals surface area contributed by atoms with Gasteiger partial charge in [-0.25, -0.2) is 0 Å². The standard InChI is InChI=1S/C19H22ClNO3/c1-4-17(24-14-10-11-15(20)13(3)12-14)19(22)21-16-8-6-7-9-18(16)23-5-2/h6-12,17H,4-5H2,1-3H3,(H,21,22)/t17-/m0/s1. The number of halogens is 1. The highest BCUT2D eigenvalue weighted by atomic mass is 35.5. The van der Waals surface area contributed by atoms with E-state index in [0.29, 0.717) is 35.2 Å². The molecule has 0 aliphatic carbocycles. The lowest BCUT2D eigenvalue weighted by Crippen LogP contribution is -2.32. The van der Waals surface area contributed by atoms with E-state index in [1.54, 1.807) is 12.1 Å². The van der Waals surface area contributed by atoms with Crippen molar-refractivity contribution in [3.8, 4) is 11.5 Å². The predicted molar refractivity (Wildman–Crippen MR) is 97.1 cm³/mol. The van der Waals surface area contributed by atoms with Crippen LogP contribution in [-0.4, -0.2) is 18.6 Å². The summed E-state index contributed by atoms with van der Waals surface area (Å²) in [7, 11) is 0. The molecule has 2 aromatic rings. The Morgan fingerprint density at radius 1 is 1.21 bits per heavy atom. The Balaban J connectivity index is 2.10. The van der Waals surface area contributed by atoms with Crippen LogP contribution in [-0.2, 0) is 4.79 Å². The maximum absolute atomic E-state index is 12.5. The number of aryl methyl sites for hydroxylation is 1. The van der Waals surface area contributed by atoms with E-state index < -0.39 is 6.10 Å². The van der Waals surface area contributed by atoms with Gasteiger partial charge in [0.1, 0.15) is 11.5 Å². The first-order valence-corrected chi connectivity index (χ1v) is 8.38. The third-order valence-electron chi connectivity index (χ3n) is 3.52.